The molecule has 0 saturated carbocycles. The van der Waals surface area contributed by atoms with E-state index in [1.54, 1.807) is 0 Å². The van der Waals surface area contributed by atoms with Gasteiger partial charge in [-0.1, -0.05) is 24.6 Å². The number of carbonyl (C=O) groups is 1. The van der Waals surface area contributed by atoms with Gasteiger partial charge < -0.3 is 14.2 Å². The molecule has 178 valence electrons. The lowest BCUT2D eigenvalue weighted by Gasteiger charge is -2.38. The summed E-state index contributed by atoms with van der Waals surface area (Å²) in [6.07, 6.45) is 3.15. The SMILES string of the molecule is CCCn1nc2ccc(COc3ccc4c(c3)OCC(CN3CC(C(=O)OC)C3)=C4)cc2c1Cl. The Morgan fingerprint density at radius 1 is 1.24 bits per heavy atom. The number of hydrogen-bond acceptors (Lipinski definition) is 6. The van der Waals surface area contributed by atoms with Crippen molar-refractivity contribution in [2.24, 2.45) is 5.92 Å². The molecule has 3 heterocycles. The van der Waals surface area contributed by atoms with Crippen LogP contribution < -0.4 is 9.47 Å². The predicted octanol–water partition coefficient (Wildman–Crippen LogP) is 4.56. The lowest BCUT2D eigenvalue weighted by atomic mass is 9.98. The standard InChI is InChI=1S/C26H28ClN3O4/c1-3-8-30-25(27)22-10-17(4-7-23(22)28-30)15-33-21-6-5-19-9-18(16-34-24(19)11-21)12-29-13-20(14-29)26(31)32-2/h4-7,9-11,20H,3,8,12-16H2,1-2H3. The molecule has 34 heavy (non-hydrogen) atoms. The number of halogens is 1. The summed E-state index contributed by atoms with van der Waals surface area (Å²) in [5.74, 6) is 1.44. The average molecular weight is 482 g/mol. The number of rotatable bonds is 8. The Morgan fingerprint density at radius 3 is 2.88 bits per heavy atom. The Labute approximate surface area is 203 Å². The van der Waals surface area contributed by atoms with Crippen molar-refractivity contribution in [3.8, 4) is 11.5 Å². The molecule has 0 atom stereocenters. The number of esters is 1. The zero-order valence-corrected chi connectivity index (χ0v) is 20.2. The van der Waals surface area contributed by atoms with Crippen LogP contribution in [-0.4, -0.2) is 54.0 Å². The fourth-order valence-corrected chi connectivity index (χ4v) is 4.71. The number of hydrogen-bond donors (Lipinski definition) is 0. The quantitative estimate of drug-likeness (QED) is 0.439. The first-order chi connectivity index (χ1) is 16.5. The second kappa shape index (κ2) is 9.68. The van der Waals surface area contributed by atoms with E-state index in [4.69, 9.17) is 25.8 Å². The van der Waals surface area contributed by atoms with Crippen molar-refractivity contribution in [1.82, 2.24) is 14.7 Å². The maximum Gasteiger partial charge on any atom is 0.311 e. The van der Waals surface area contributed by atoms with Crippen molar-refractivity contribution in [2.45, 2.75) is 26.5 Å². The first-order valence-corrected chi connectivity index (χ1v) is 12.0. The van der Waals surface area contributed by atoms with Crippen LogP contribution in [0.4, 0.5) is 0 Å². The second-order valence-electron chi connectivity index (χ2n) is 8.86. The minimum Gasteiger partial charge on any atom is -0.489 e. The van der Waals surface area contributed by atoms with E-state index in [2.05, 4.69) is 23.0 Å². The molecular formula is C26H28ClN3O4. The van der Waals surface area contributed by atoms with Gasteiger partial charge in [0, 0.05) is 43.2 Å². The Hall–Kier alpha value is -3.03. The highest BCUT2D eigenvalue weighted by molar-refractivity contribution is 6.34. The van der Waals surface area contributed by atoms with E-state index in [1.165, 1.54) is 12.7 Å². The Balaban J connectivity index is 1.20. The number of aryl methyl sites for hydroxylation is 1. The third-order valence-corrected chi connectivity index (χ3v) is 6.65. The zero-order valence-electron chi connectivity index (χ0n) is 19.4. The second-order valence-corrected chi connectivity index (χ2v) is 9.22. The number of aromatic nitrogens is 2. The highest BCUT2D eigenvalue weighted by Gasteiger charge is 2.33. The zero-order chi connectivity index (χ0) is 23.7. The number of carbonyl (C=O) groups excluding carboxylic acids is 1. The lowest BCUT2D eigenvalue weighted by Crippen LogP contribution is -2.51. The fraction of sp³-hybridized carbons (Fsp3) is 0.385. The molecule has 5 rings (SSSR count). The molecule has 2 aliphatic rings. The number of likely N-dealkylation sites (tertiary alicyclic amines) is 1. The van der Waals surface area contributed by atoms with Crippen LogP contribution in [0, 0.1) is 5.92 Å². The first-order valence-electron chi connectivity index (χ1n) is 11.6. The largest absolute Gasteiger partial charge is 0.489 e. The lowest BCUT2D eigenvalue weighted by molar-refractivity contribution is -0.151. The molecular weight excluding hydrogens is 454 g/mol. The maximum atomic E-state index is 11.6. The van der Waals surface area contributed by atoms with E-state index in [1.807, 2.05) is 41.1 Å². The summed E-state index contributed by atoms with van der Waals surface area (Å²) >= 11 is 6.50. The van der Waals surface area contributed by atoms with Gasteiger partial charge in [-0.15, -0.1) is 0 Å². The smallest absolute Gasteiger partial charge is 0.311 e. The first kappa shape index (κ1) is 22.7. The summed E-state index contributed by atoms with van der Waals surface area (Å²) < 4.78 is 18.7. The van der Waals surface area contributed by atoms with Gasteiger partial charge in [0.2, 0.25) is 0 Å². The molecule has 0 bridgehead atoms. The minimum atomic E-state index is -0.127. The molecule has 1 aromatic heterocycles. The highest BCUT2D eigenvalue weighted by Crippen LogP contribution is 2.32. The van der Waals surface area contributed by atoms with E-state index in [9.17, 15) is 4.79 Å². The van der Waals surface area contributed by atoms with Gasteiger partial charge in [0.25, 0.3) is 0 Å². The maximum absolute atomic E-state index is 11.6. The topological polar surface area (TPSA) is 65.8 Å². The summed E-state index contributed by atoms with van der Waals surface area (Å²) in [6, 6.07) is 12.0. The van der Waals surface area contributed by atoms with Gasteiger partial charge in [0.1, 0.15) is 29.9 Å². The molecule has 0 spiro atoms. The predicted molar refractivity (Wildman–Crippen MR) is 131 cm³/mol. The minimum absolute atomic E-state index is 0.00800. The Morgan fingerprint density at radius 2 is 2.09 bits per heavy atom. The van der Waals surface area contributed by atoms with Crippen LogP contribution in [0.1, 0.15) is 24.5 Å². The van der Waals surface area contributed by atoms with Crippen LogP contribution in [0.5, 0.6) is 11.5 Å². The molecule has 0 radical (unpaired) electrons. The van der Waals surface area contributed by atoms with Crippen molar-refractivity contribution < 1.29 is 19.0 Å². The van der Waals surface area contributed by atoms with Gasteiger partial charge >= 0.3 is 5.97 Å². The summed E-state index contributed by atoms with van der Waals surface area (Å²) in [5, 5.41) is 6.17. The molecule has 2 aliphatic heterocycles. The van der Waals surface area contributed by atoms with Crippen molar-refractivity contribution in [2.75, 3.05) is 33.4 Å². The highest BCUT2D eigenvalue weighted by atomic mass is 35.5. The third kappa shape index (κ3) is 4.63. The summed E-state index contributed by atoms with van der Waals surface area (Å²) in [5.41, 5.74) is 4.16. The van der Waals surface area contributed by atoms with Crippen molar-refractivity contribution in [3.05, 3.63) is 58.3 Å². The molecule has 0 aliphatic carbocycles. The molecule has 1 saturated heterocycles. The molecule has 1 fully saturated rings. The van der Waals surface area contributed by atoms with Gasteiger partial charge in [-0.2, -0.15) is 5.10 Å². The summed E-state index contributed by atoms with van der Waals surface area (Å²) in [6.45, 7) is 6.14. The van der Waals surface area contributed by atoms with Crippen LogP contribution in [0.2, 0.25) is 5.15 Å². The number of nitrogens with zero attached hydrogens (tertiary/aromatic N) is 3. The molecule has 2 aromatic carbocycles. The van der Waals surface area contributed by atoms with Crippen LogP contribution in [-0.2, 0) is 22.7 Å². The fourth-order valence-electron chi connectivity index (χ4n) is 4.44. The molecule has 7 nitrogen and oxygen atoms in total. The Kier molecular flexibility index (Phi) is 6.48. The number of ether oxygens (including phenoxy) is 3. The normalized spacial score (nSPS) is 15.9. The van der Waals surface area contributed by atoms with Crippen LogP contribution >= 0.6 is 11.6 Å². The van der Waals surface area contributed by atoms with E-state index >= 15 is 0 Å². The third-order valence-electron chi connectivity index (χ3n) is 6.26. The molecule has 0 amide bonds. The molecule has 0 N–H and O–H groups in total. The molecule has 0 unspecified atom stereocenters. The van der Waals surface area contributed by atoms with Crippen LogP contribution in [0.15, 0.2) is 42.0 Å². The van der Waals surface area contributed by atoms with Crippen LogP contribution in [0.3, 0.4) is 0 Å². The molecule has 8 heteroatoms. The Bertz CT molecular complexity index is 1250. The van der Waals surface area contributed by atoms with E-state index in [0.717, 1.165) is 66.1 Å². The number of benzene rings is 2. The van der Waals surface area contributed by atoms with Crippen LogP contribution in [0.25, 0.3) is 17.0 Å². The molecule has 3 aromatic rings. The average Bonchev–Trinajstić information content (AvgIpc) is 3.14. The van der Waals surface area contributed by atoms with Crippen molar-refractivity contribution in [1.29, 1.82) is 0 Å². The van der Waals surface area contributed by atoms with Gasteiger partial charge in [-0.25, -0.2) is 0 Å². The van der Waals surface area contributed by atoms with E-state index < -0.39 is 0 Å². The number of methoxy groups -OCH3 is 1. The van der Waals surface area contributed by atoms with Crippen molar-refractivity contribution >= 4 is 34.5 Å². The summed E-state index contributed by atoms with van der Waals surface area (Å²) in [4.78, 5) is 13.8. The van der Waals surface area contributed by atoms with E-state index in [0.29, 0.717) is 18.4 Å². The number of fused-ring (bicyclic) bond motifs is 2. The van der Waals surface area contributed by atoms with Gasteiger partial charge in [-0.05, 0) is 47.9 Å². The van der Waals surface area contributed by atoms with Gasteiger partial charge in [0.15, 0.2) is 0 Å². The van der Waals surface area contributed by atoms with Crippen molar-refractivity contribution in [3.63, 3.8) is 0 Å². The monoisotopic (exact) mass is 481 g/mol. The van der Waals surface area contributed by atoms with E-state index in [-0.39, 0.29) is 11.9 Å². The summed E-state index contributed by atoms with van der Waals surface area (Å²) in [7, 11) is 1.44. The van der Waals surface area contributed by atoms with Gasteiger partial charge in [-0.3, -0.25) is 14.4 Å². The van der Waals surface area contributed by atoms with Gasteiger partial charge in [0.05, 0.1) is 18.5 Å².